The van der Waals surface area contributed by atoms with E-state index in [0.717, 1.165) is 6.54 Å². The van der Waals surface area contributed by atoms with Gasteiger partial charge in [0.15, 0.2) is 5.60 Å². The van der Waals surface area contributed by atoms with Crippen LogP contribution in [0.1, 0.15) is 38.3 Å². The molecule has 0 radical (unpaired) electrons. The first-order valence-electron chi connectivity index (χ1n) is 8.88. The first-order chi connectivity index (χ1) is 13.0. The number of hydrogen-bond donors (Lipinski definition) is 1. The van der Waals surface area contributed by atoms with Crippen LogP contribution in [0.5, 0.6) is 5.75 Å². The van der Waals surface area contributed by atoms with E-state index in [1.165, 1.54) is 26.2 Å². The van der Waals surface area contributed by atoms with Gasteiger partial charge in [-0.25, -0.2) is 4.99 Å². The van der Waals surface area contributed by atoms with Gasteiger partial charge in [-0.15, -0.1) is 0 Å². The Morgan fingerprint density at radius 2 is 1.93 bits per heavy atom. The van der Waals surface area contributed by atoms with Crippen molar-refractivity contribution in [2.75, 3.05) is 27.3 Å². The SMILES string of the molecule is CCON=C(C)CC(O)(c1cc(C)c(N=CN(C)CC)cc1OC)C(F)(F)F. The van der Waals surface area contributed by atoms with E-state index < -0.39 is 23.8 Å². The lowest BCUT2D eigenvalue weighted by Gasteiger charge is -2.32. The number of aliphatic imine (C=N–C) groups is 1. The zero-order chi connectivity index (χ0) is 21.5. The van der Waals surface area contributed by atoms with E-state index in [1.54, 1.807) is 20.2 Å². The van der Waals surface area contributed by atoms with Gasteiger partial charge in [0.1, 0.15) is 12.4 Å². The first kappa shape index (κ1) is 23.7. The lowest BCUT2D eigenvalue weighted by Crippen LogP contribution is -2.44. The number of benzene rings is 1. The highest BCUT2D eigenvalue weighted by Gasteiger charge is 2.56. The molecule has 1 N–H and O–H groups in total. The molecule has 0 aliphatic rings. The lowest BCUT2D eigenvalue weighted by molar-refractivity contribution is -0.264. The number of nitrogens with zero attached hydrogens (tertiary/aromatic N) is 3. The summed E-state index contributed by atoms with van der Waals surface area (Å²) in [7, 11) is 3.07. The summed E-state index contributed by atoms with van der Waals surface area (Å²) < 4.78 is 46.8. The Bertz CT molecular complexity index is 720. The molecule has 0 aliphatic heterocycles. The van der Waals surface area contributed by atoms with Crippen LogP contribution in [-0.4, -0.2) is 55.5 Å². The molecule has 0 heterocycles. The summed E-state index contributed by atoms with van der Waals surface area (Å²) in [5.41, 5.74) is -2.65. The van der Waals surface area contributed by atoms with Crippen molar-refractivity contribution in [1.82, 2.24) is 4.90 Å². The summed E-state index contributed by atoms with van der Waals surface area (Å²) in [5, 5.41) is 14.3. The van der Waals surface area contributed by atoms with Crippen molar-refractivity contribution in [3.63, 3.8) is 0 Å². The van der Waals surface area contributed by atoms with Crippen LogP contribution in [0, 0.1) is 6.92 Å². The Labute approximate surface area is 163 Å². The minimum atomic E-state index is -4.96. The van der Waals surface area contributed by atoms with Gasteiger partial charge in [0.2, 0.25) is 0 Å². The number of halogens is 3. The van der Waals surface area contributed by atoms with Gasteiger partial charge in [-0.1, -0.05) is 5.16 Å². The van der Waals surface area contributed by atoms with Gasteiger partial charge in [0.05, 0.1) is 24.8 Å². The zero-order valence-electron chi connectivity index (χ0n) is 17.1. The third-order valence-electron chi connectivity index (χ3n) is 4.19. The number of ether oxygens (including phenoxy) is 1. The Morgan fingerprint density at radius 3 is 2.43 bits per heavy atom. The fourth-order valence-electron chi connectivity index (χ4n) is 2.48. The molecule has 0 aromatic heterocycles. The number of hydrogen-bond acceptors (Lipinski definition) is 5. The largest absolute Gasteiger partial charge is 0.496 e. The molecule has 1 atom stereocenters. The van der Waals surface area contributed by atoms with E-state index in [1.807, 2.05) is 18.9 Å². The summed E-state index contributed by atoms with van der Waals surface area (Å²) in [6.07, 6.45) is -4.16. The van der Waals surface area contributed by atoms with Gasteiger partial charge in [0.25, 0.3) is 0 Å². The van der Waals surface area contributed by atoms with E-state index in [0.29, 0.717) is 11.3 Å². The molecule has 0 saturated carbocycles. The molecule has 158 valence electrons. The topological polar surface area (TPSA) is 66.7 Å². The predicted octanol–water partition coefficient (Wildman–Crippen LogP) is 4.17. The molecular formula is C19H28F3N3O3. The fraction of sp³-hybridized carbons (Fsp3) is 0.579. The Kier molecular flexibility index (Phi) is 8.29. The summed E-state index contributed by atoms with van der Waals surface area (Å²) in [5.74, 6) is -0.110. The van der Waals surface area contributed by atoms with Crippen LogP contribution in [0.25, 0.3) is 0 Å². The third-order valence-corrected chi connectivity index (χ3v) is 4.19. The normalized spacial score (nSPS) is 14.9. The lowest BCUT2D eigenvalue weighted by atomic mass is 9.86. The second kappa shape index (κ2) is 9.77. The molecule has 0 spiro atoms. The summed E-state index contributed by atoms with van der Waals surface area (Å²) >= 11 is 0. The van der Waals surface area contributed by atoms with Crippen LogP contribution in [0.3, 0.4) is 0 Å². The van der Waals surface area contributed by atoms with Crippen molar-refractivity contribution in [2.24, 2.45) is 10.1 Å². The maximum Gasteiger partial charge on any atom is 0.421 e. The van der Waals surface area contributed by atoms with Crippen LogP contribution < -0.4 is 4.74 Å². The maximum absolute atomic E-state index is 13.9. The molecular weight excluding hydrogens is 375 g/mol. The number of oxime groups is 1. The van der Waals surface area contributed by atoms with E-state index in [-0.39, 0.29) is 18.1 Å². The smallest absolute Gasteiger partial charge is 0.421 e. The van der Waals surface area contributed by atoms with E-state index in [4.69, 9.17) is 9.57 Å². The van der Waals surface area contributed by atoms with Crippen molar-refractivity contribution in [3.8, 4) is 5.75 Å². The Balaban J connectivity index is 3.49. The van der Waals surface area contributed by atoms with Crippen molar-refractivity contribution in [3.05, 3.63) is 23.3 Å². The van der Waals surface area contributed by atoms with Crippen LogP contribution in [-0.2, 0) is 10.4 Å². The Morgan fingerprint density at radius 1 is 1.29 bits per heavy atom. The van der Waals surface area contributed by atoms with Crippen LogP contribution in [0.4, 0.5) is 18.9 Å². The molecule has 1 unspecified atom stereocenters. The van der Waals surface area contributed by atoms with Crippen molar-refractivity contribution in [1.29, 1.82) is 0 Å². The standard InChI is InChI=1S/C19H28F3N3O3/c1-7-25(5)12-23-16-10-17(27-6)15(9-13(16)3)18(26,19(20,21)22)11-14(4)24-28-8-2/h9-10,12,26H,7-8,11H2,1-6H3. The van der Waals surface area contributed by atoms with Crippen molar-refractivity contribution in [2.45, 2.75) is 45.9 Å². The van der Waals surface area contributed by atoms with Gasteiger partial charge in [-0.05, 0) is 39.3 Å². The van der Waals surface area contributed by atoms with Crippen molar-refractivity contribution < 1.29 is 27.9 Å². The average molecular weight is 403 g/mol. The fourth-order valence-corrected chi connectivity index (χ4v) is 2.48. The van der Waals surface area contributed by atoms with Crippen LogP contribution in [0.2, 0.25) is 0 Å². The van der Waals surface area contributed by atoms with Gasteiger partial charge in [-0.3, -0.25) is 0 Å². The summed E-state index contributed by atoms with van der Waals surface area (Å²) in [4.78, 5) is 10.9. The summed E-state index contributed by atoms with van der Waals surface area (Å²) in [6, 6.07) is 2.63. The molecule has 6 nitrogen and oxygen atoms in total. The van der Waals surface area contributed by atoms with Crippen LogP contribution in [0.15, 0.2) is 22.3 Å². The monoisotopic (exact) mass is 403 g/mol. The minimum Gasteiger partial charge on any atom is -0.496 e. The van der Waals surface area contributed by atoms with Crippen LogP contribution >= 0.6 is 0 Å². The minimum absolute atomic E-state index is 0.00745. The number of alkyl halides is 3. The highest BCUT2D eigenvalue weighted by atomic mass is 19.4. The second-order valence-electron chi connectivity index (χ2n) is 6.44. The molecule has 28 heavy (non-hydrogen) atoms. The molecule has 1 aromatic carbocycles. The highest BCUT2D eigenvalue weighted by Crippen LogP contribution is 2.47. The van der Waals surface area contributed by atoms with E-state index >= 15 is 0 Å². The molecule has 0 saturated heterocycles. The predicted molar refractivity (Wildman–Crippen MR) is 103 cm³/mol. The van der Waals surface area contributed by atoms with Gasteiger partial charge in [0, 0.05) is 31.6 Å². The van der Waals surface area contributed by atoms with E-state index in [2.05, 4.69) is 10.1 Å². The molecule has 9 heteroatoms. The number of methoxy groups -OCH3 is 1. The molecule has 1 rings (SSSR count). The molecule has 1 aromatic rings. The third kappa shape index (κ3) is 5.60. The molecule has 0 fully saturated rings. The average Bonchev–Trinajstić information content (AvgIpc) is 2.63. The second-order valence-corrected chi connectivity index (χ2v) is 6.44. The van der Waals surface area contributed by atoms with Gasteiger partial charge < -0.3 is 19.6 Å². The highest BCUT2D eigenvalue weighted by molar-refractivity contribution is 5.83. The van der Waals surface area contributed by atoms with Gasteiger partial charge in [-0.2, -0.15) is 13.2 Å². The number of aliphatic hydroxyl groups is 1. The quantitative estimate of drug-likeness (QED) is 0.382. The zero-order valence-corrected chi connectivity index (χ0v) is 17.1. The number of aryl methyl sites for hydroxylation is 1. The molecule has 0 amide bonds. The Hall–Kier alpha value is -2.29. The molecule has 0 bridgehead atoms. The van der Waals surface area contributed by atoms with E-state index in [9.17, 15) is 18.3 Å². The van der Waals surface area contributed by atoms with Gasteiger partial charge >= 0.3 is 6.18 Å². The maximum atomic E-state index is 13.9. The summed E-state index contributed by atoms with van der Waals surface area (Å²) in [6.45, 7) is 7.53. The molecule has 0 aliphatic carbocycles. The van der Waals surface area contributed by atoms with Crippen molar-refractivity contribution >= 4 is 17.7 Å². The first-order valence-corrected chi connectivity index (χ1v) is 8.88. The number of rotatable bonds is 9.